The fraction of sp³-hybridized carbons (Fsp3) is 0.500. The molecule has 2 N–H and O–H groups in total. The number of hydrogen-bond donors (Lipinski definition) is 1. The van der Waals surface area contributed by atoms with Crippen LogP contribution in [-0.4, -0.2) is 4.98 Å². The van der Waals surface area contributed by atoms with Gasteiger partial charge in [-0.15, -0.1) is 12.4 Å². The topological polar surface area (TPSA) is 38.9 Å². The van der Waals surface area contributed by atoms with Crippen LogP contribution in [0, 0.1) is 12.8 Å². The molecule has 1 aliphatic rings. The predicted molar refractivity (Wildman–Crippen MR) is 55.9 cm³/mol. The second-order valence-electron chi connectivity index (χ2n) is 3.57. The van der Waals surface area contributed by atoms with Crippen LogP contribution in [0.1, 0.15) is 30.3 Å². The number of aromatic nitrogens is 1. The van der Waals surface area contributed by atoms with Crippen LogP contribution in [0.5, 0.6) is 0 Å². The van der Waals surface area contributed by atoms with Gasteiger partial charge >= 0.3 is 0 Å². The highest BCUT2D eigenvalue weighted by Gasteiger charge is 2.30. The Morgan fingerprint density at radius 3 is 2.69 bits per heavy atom. The van der Waals surface area contributed by atoms with Gasteiger partial charge in [-0.05, 0) is 37.8 Å². The van der Waals surface area contributed by atoms with E-state index in [1.54, 1.807) is 0 Å². The van der Waals surface area contributed by atoms with Gasteiger partial charge in [0.2, 0.25) is 0 Å². The molecule has 0 aliphatic heterocycles. The molecule has 2 nitrogen and oxygen atoms in total. The van der Waals surface area contributed by atoms with Gasteiger partial charge in [-0.1, -0.05) is 6.07 Å². The molecule has 3 heteroatoms. The van der Waals surface area contributed by atoms with Gasteiger partial charge in [-0.2, -0.15) is 0 Å². The molecule has 0 aromatic carbocycles. The third kappa shape index (κ3) is 2.42. The number of aryl methyl sites for hydroxylation is 1. The minimum atomic E-state index is 0. The Labute approximate surface area is 85.0 Å². The summed E-state index contributed by atoms with van der Waals surface area (Å²) in [6.45, 7) is 2.00. The minimum Gasteiger partial charge on any atom is -0.322 e. The number of rotatable bonds is 2. The van der Waals surface area contributed by atoms with E-state index < -0.39 is 0 Å². The van der Waals surface area contributed by atoms with Crippen molar-refractivity contribution < 1.29 is 0 Å². The Balaban J connectivity index is 0.000000845. The van der Waals surface area contributed by atoms with Gasteiger partial charge in [0.05, 0.1) is 5.69 Å². The highest BCUT2D eigenvalue weighted by molar-refractivity contribution is 5.85. The Morgan fingerprint density at radius 1 is 1.46 bits per heavy atom. The first-order valence-electron chi connectivity index (χ1n) is 4.46. The van der Waals surface area contributed by atoms with Gasteiger partial charge < -0.3 is 5.73 Å². The van der Waals surface area contributed by atoms with Crippen LogP contribution >= 0.6 is 12.4 Å². The monoisotopic (exact) mass is 198 g/mol. The molecule has 0 spiro atoms. The summed E-state index contributed by atoms with van der Waals surface area (Å²) in [5.41, 5.74) is 8.12. The first-order chi connectivity index (χ1) is 5.77. The SMILES string of the molecule is Cc1cccc([C@H](N)C2CC2)n1.Cl. The number of hydrogen-bond acceptors (Lipinski definition) is 2. The van der Waals surface area contributed by atoms with E-state index in [0.29, 0.717) is 5.92 Å². The standard InChI is InChI=1S/C10H14N2.ClH/c1-7-3-2-4-9(12-7)10(11)8-5-6-8;/h2-4,8,10H,5-6,11H2,1H3;1H/t10-;/m1./s1. The first-order valence-corrected chi connectivity index (χ1v) is 4.46. The van der Waals surface area contributed by atoms with Crippen molar-refractivity contribution in [2.75, 3.05) is 0 Å². The van der Waals surface area contributed by atoms with E-state index in [9.17, 15) is 0 Å². The molecule has 1 aromatic heterocycles. The van der Waals surface area contributed by atoms with E-state index >= 15 is 0 Å². The van der Waals surface area contributed by atoms with Gasteiger partial charge in [0.15, 0.2) is 0 Å². The van der Waals surface area contributed by atoms with Crippen molar-refractivity contribution in [3.05, 3.63) is 29.6 Å². The highest BCUT2D eigenvalue weighted by Crippen LogP contribution is 2.38. The van der Waals surface area contributed by atoms with Gasteiger partial charge in [0, 0.05) is 11.7 Å². The summed E-state index contributed by atoms with van der Waals surface area (Å²) < 4.78 is 0. The van der Waals surface area contributed by atoms with Crippen molar-refractivity contribution in [1.29, 1.82) is 0 Å². The molecule has 1 atom stereocenters. The lowest BCUT2D eigenvalue weighted by atomic mass is 10.1. The van der Waals surface area contributed by atoms with E-state index in [2.05, 4.69) is 4.98 Å². The molecule has 0 unspecified atom stereocenters. The van der Waals surface area contributed by atoms with Crippen molar-refractivity contribution >= 4 is 12.4 Å². The number of nitrogens with zero attached hydrogens (tertiary/aromatic N) is 1. The molecule has 1 aliphatic carbocycles. The molecule has 1 aromatic rings. The Hall–Kier alpha value is -0.600. The molecular weight excluding hydrogens is 184 g/mol. The largest absolute Gasteiger partial charge is 0.322 e. The summed E-state index contributed by atoms with van der Waals surface area (Å²) in [5.74, 6) is 0.694. The van der Waals surface area contributed by atoms with E-state index in [0.717, 1.165) is 11.4 Å². The van der Waals surface area contributed by atoms with Crippen molar-refractivity contribution in [3.63, 3.8) is 0 Å². The Bertz CT molecular complexity index is 284. The van der Waals surface area contributed by atoms with Crippen LogP contribution in [-0.2, 0) is 0 Å². The van der Waals surface area contributed by atoms with Gasteiger partial charge in [-0.25, -0.2) is 0 Å². The zero-order chi connectivity index (χ0) is 8.55. The third-order valence-corrected chi connectivity index (χ3v) is 2.38. The summed E-state index contributed by atoms with van der Waals surface area (Å²) in [4.78, 5) is 4.41. The average Bonchev–Trinajstić information content (AvgIpc) is 2.85. The molecule has 0 amide bonds. The van der Waals surface area contributed by atoms with Crippen molar-refractivity contribution in [2.45, 2.75) is 25.8 Å². The fourth-order valence-electron chi connectivity index (χ4n) is 1.45. The molecule has 1 heterocycles. The van der Waals surface area contributed by atoms with E-state index in [1.807, 2.05) is 25.1 Å². The fourth-order valence-corrected chi connectivity index (χ4v) is 1.45. The molecule has 0 radical (unpaired) electrons. The summed E-state index contributed by atoms with van der Waals surface area (Å²) in [6.07, 6.45) is 2.55. The van der Waals surface area contributed by atoms with Crippen molar-refractivity contribution in [3.8, 4) is 0 Å². The molecule has 1 saturated carbocycles. The highest BCUT2D eigenvalue weighted by atomic mass is 35.5. The van der Waals surface area contributed by atoms with Crippen LogP contribution in [0.4, 0.5) is 0 Å². The van der Waals surface area contributed by atoms with Gasteiger partial charge in [0.1, 0.15) is 0 Å². The quantitative estimate of drug-likeness (QED) is 0.792. The normalized spacial score (nSPS) is 17.7. The summed E-state index contributed by atoms with van der Waals surface area (Å²) >= 11 is 0. The summed E-state index contributed by atoms with van der Waals surface area (Å²) in [7, 11) is 0. The average molecular weight is 199 g/mol. The molecular formula is C10H15ClN2. The summed E-state index contributed by atoms with van der Waals surface area (Å²) in [6, 6.07) is 6.23. The summed E-state index contributed by atoms with van der Waals surface area (Å²) in [5, 5.41) is 0. The second kappa shape index (κ2) is 4.07. The number of nitrogens with two attached hydrogens (primary N) is 1. The van der Waals surface area contributed by atoms with Gasteiger partial charge in [-0.3, -0.25) is 4.98 Å². The Morgan fingerprint density at radius 2 is 2.15 bits per heavy atom. The van der Waals surface area contributed by atoms with E-state index in [1.165, 1.54) is 12.8 Å². The number of halogens is 1. The molecule has 13 heavy (non-hydrogen) atoms. The van der Waals surface area contributed by atoms with Crippen LogP contribution in [0.3, 0.4) is 0 Å². The molecule has 0 bridgehead atoms. The lowest BCUT2D eigenvalue weighted by Gasteiger charge is -2.09. The lowest BCUT2D eigenvalue weighted by molar-refractivity contribution is 0.613. The zero-order valence-corrected chi connectivity index (χ0v) is 8.55. The third-order valence-electron chi connectivity index (χ3n) is 2.38. The minimum absolute atomic E-state index is 0. The maximum atomic E-state index is 6.01. The van der Waals surface area contributed by atoms with E-state index in [-0.39, 0.29) is 18.4 Å². The predicted octanol–water partition coefficient (Wildman–Crippen LogP) is 2.22. The molecule has 1 fully saturated rings. The smallest absolute Gasteiger partial charge is 0.0577 e. The maximum absolute atomic E-state index is 6.01. The van der Waals surface area contributed by atoms with Crippen LogP contribution in [0.25, 0.3) is 0 Å². The second-order valence-corrected chi connectivity index (χ2v) is 3.57. The van der Waals surface area contributed by atoms with Crippen LogP contribution in [0.2, 0.25) is 0 Å². The molecule has 0 saturated heterocycles. The zero-order valence-electron chi connectivity index (χ0n) is 7.73. The Kier molecular flexibility index (Phi) is 3.28. The maximum Gasteiger partial charge on any atom is 0.0577 e. The first kappa shape index (κ1) is 10.5. The number of pyridine rings is 1. The van der Waals surface area contributed by atoms with Crippen LogP contribution in [0.15, 0.2) is 18.2 Å². The lowest BCUT2D eigenvalue weighted by Crippen LogP contribution is -2.14. The van der Waals surface area contributed by atoms with E-state index in [4.69, 9.17) is 5.73 Å². The van der Waals surface area contributed by atoms with Crippen molar-refractivity contribution in [1.82, 2.24) is 4.98 Å². The molecule has 2 rings (SSSR count). The molecule has 72 valence electrons. The van der Waals surface area contributed by atoms with Gasteiger partial charge in [0.25, 0.3) is 0 Å². The van der Waals surface area contributed by atoms with Crippen LogP contribution < -0.4 is 5.73 Å². The van der Waals surface area contributed by atoms with Crippen molar-refractivity contribution in [2.24, 2.45) is 11.7 Å².